The topological polar surface area (TPSA) is 59.3 Å². The Balaban J connectivity index is 2.15. The lowest BCUT2D eigenvalue weighted by Crippen LogP contribution is -2.25. The average Bonchev–Trinajstić information content (AvgIpc) is 3.11. The number of carbonyl (C=O) groups is 1. The lowest BCUT2D eigenvalue weighted by Gasteiger charge is -1.99. The van der Waals surface area contributed by atoms with E-state index in [4.69, 9.17) is 6.42 Å². The number of imidazole rings is 1. The second kappa shape index (κ2) is 5.15. The van der Waals surface area contributed by atoms with Gasteiger partial charge >= 0.3 is 0 Å². The predicted molar refractivity (Wildman–Crippen MR) is 77.5 cm³/mol. The van der Waals surface area contributed by atoms with Crippen LogP contribution in [0.3, 0.4) is 0 Å². The van der Waals surface area contributed by atoms with E-state index in [-0.39, 0.29) is 12.5 Å². The molecule has 0 unspecified atom stereocenters. The molecule has 1 N–H and O–H groups in total. The smallest absolute Gasteiger partial charge is 0.288 e. The minimum atomic E-state index is -0.300. The van der Waals surface area contributed by atoms with Gasteiger partial charge in [0.1, 0.15) is 0 Å². The maximum atomic E-state index is 12.1. The standard InChI is InChI=1S/C14H10N4OS/c1-2-4-16-14(19)13-17-12(10-3-7-20-9-10)11-8-15-5-6-18(11)13/h1,3,5-9H,4H2,(H,16,19). The molecule has 1 amide bonds. The molecule has 0 aliphatic carbocycles. The largest absolute Gasteiger partial charge is 0.338 e. The van der Waals surface area contributed by atoms with Gasteiger partial charge in [0.2, 0.25) is 5.82 Å². The van der Waals surface area contributed by atoms with E-state index in [1.165, 1.54) is 0 Å². The number of aromatic nitrogens is 3. The summed E-state index contributed by atoms with van der Waals surface area (Å²) in [5.74, 6) is 2.38. The third kappa shape index (κ3) is 2.04. The van der Waals surface area contributed by atoms with Crippen LogP contribution in [0.1, 0.15) is 10.6 Å². The van der Waals surface area contributed by atoms with Crippen molar-refractivity contribution in [2.45, 2.75) is 0 Å². The summed E-state index contributed by atoms with van der Waals surface area (Å²) in [5.41, 5.74) is 2.50. The molecule has 0 spiro atoms. The second-order valence-electron chi connectivity index (χ2n) is 4.01. The van der Waals surface area contributed by atoms with Crippen molar-refractivity contribution in [2.24, 2.45) is 0 Å². The third-order valence-electron chi connectivity index (χ3n) is 2.80. The molecule has 0 saturated heterocycles. The average molecular weight is 282 g/mol. The van der Waals surface area contributed by atoms with Gasteiger partial charge in [0, 0.05) is 23.3 Å². The Labute approximate surface area is 119 Å². The first-order chi connectivity index (χ1) is 9.81. The Hall–Kier alpha value is -2.65. The number of thiophene rings is 1. The first-order valence-corrected chi connectivity index (χ1v) is 6.82. The van der Waals surface area contributed by atoms with Crippen molar-refractivity contribution in [1.29, 1.82) is 0 Å². The van der Waals surface area contributed by atoms with Crippen LogP contribution in [0.4, 0.5) is 0 Å². The molecule has 0 aromatic carbocycles. The molecule has 3 aromatic rings. The number of carbonyl (C=O) groups excluding carboxylic acids is 1. The summed E-state index contributed by atoms with van der Waals surface area (Å²) in [5, 5.41) is 6.58. The van der Waals surface area contributed by atoms with E-state index in [2.05, 4.69) is 21.2 Å². The van der Waals surface area contributed by atoms with E-state index >= 15 is 0 Å². The molecule has 6 heteroatoms. The first-order valence-electron chi connectivity index (χ1n) is 5.87. The fraction of sp³-hybridized carbons (Fsp3) is 0.0714. The molecule has 0 aliphatic rings. The van der Waals surface area contributed by atoms with Crippen molar-refractivity contribution in [3.05, 3.63) is 41.2 Å². The van der Waals surface area contributed by atoms with Crippen LogP contribution in [-0.4, -0.2) is 26.8 Å². The molecule has 0 bridgehead atoms. The molecule has 98 valence electrons. The summed E-state index contributed by atoms with van der Waals surface area (Å²) >= 11 is 1.58. The Morgan fingerprint density at radius 2 is 2.45 bits per heavy atom. The van der Waals surface area contributed by atoms with E-state index < -0.39 is 0 Å². The highest BCUT2D eigenvalue weighted by atomic mass is 32.1. The van der Waals surface area contributed by atoms with Crippen molar-refractivity contribution < 1.29 is 4.79 Å². The van der Waals surface area contributed by atoms with E-state index in [0.29, 0.717) is 5.82 Å². The van der Waals surface area contributed by atoms with Gasteiger partial charge in [-0.3, -0.25) is 14.2 Å². The quantitative estimate of drug-likeness (QED) is 0.745. The summed E-state index contributed by atoms with van der Waals surface area (Å²) in [6.07, 6.45) is 10.2. The van der Waals surface area contributed by atoms with E-state index in [1.807, 2.05) is 16.8 Å². The van der Waals surface area contributed by atoms with Crippen LogP contribution in [0.5, 0.6) is 0 Å². The normalized spacial score (nSPS) is 10.3. The number of fused-ring (bicyclic) bond motifs is 1. The highest BCUT2D eigenvalue weighted by Crippen LogP contribution is 2.26. The second-order valence-corrected chi connectivity index (χ2v) is 4.79. The van der Waals surface area contributed by atoms with Crippen LogP contribution in [0, 0.1) is 12.3 Å². The van der Waals surface area contributed by atoms with Crippen molar-refractivity contribution in [3.63, 3.8) is 0 Å². The van der Waals surface area contributed by atoms with Gasteiger partial charge in [-0.05, 0) is 11.4 Å². The molecule has 0 radical (unpaired) electrons. The number of amides is 1. The van der Waals surface area contributed by atoms with Crippen molar-refractivity contribution in [3.8, 4) is 23.6 Å². The molecule has 3 heterocycles. The van der Waals surface area contributed by atoms with Crippen LogP contribution >= 0.6 is 11.3 Å². The Morgan fingerprint density at radius 3 is 3.20 bits per heavy atom. The zero-order valence-electron chi connectivity index (χ0n) is 10.4. The number of terminal acetylenes is 1. The summed E-state index contributed by atoms with van der Waals surface area (Å²) in [6, 6.07) is 1.96. The third-order valence-corrected chi connectivity index (χ3v) is 3.48. The minimum absolute atomic E-state index is 0.173. The van der Waals surface area contributed by atoms with Crippen LogP contribution in [0.15, 0.2) is 35.4 Å². The van der Waals surface area contributed by atoms with Crippen molar-refractivity contribution in [1.82, 2.24) is 19.7 Å². The van der Waals surface area contributed by atoms with Gasteiger partial charge in [-0.25, -0.2) is 4.98 Å². The van der Waals surface area contributed by atoms with E-state index in [1.54, 1.807) is 34.3 Å². The van der Waals surface area contributed by atoms with Crippen molar-refractivity contribution in [2.75, 3.05) is 6.54 Å². The lowest BCUT2D eigenvalue weighted by atomic mass is 10.2. The van der Waals surface area contributed by atoms with E-state index in [9.17, 15) is 4.79 Å². The molecule has 0 fully saturated rings. The van der Waals surface area contributed by atoms with Gasteiger partial charge in [-0.1, -0.05) is 5.92 Å². The van der Waals surface area contributed by atoms with Gasteiger partial charge in [0.25, 0.3) is 5.91 Å². The first kappa shape index (κ1) is 12.4. The Morgan fingerprint density at radius 1 is 1.55 bits per heavy atom. The van der Waals surface area contributed by atoms with Crippen LogP contribution in [0.2, 0.25) is 0 Å². The van der Waals surface area contributed by atoms with Crippen molar-refractivity contribution >= 4 is 22.8 Å². The fourth-order valence-electron chi connectivity index (χ4n) is 1.92. The molecule has 5 nitrogen and oxygen atoms in total. The molecular formula is C14H10N4OS. The monoisotopic (exact) mass is 282 g/mol. The SMILES string of the molecule is C#CCNC(=O)c1nc(-c2ccsc2)c2cnccn12. The van der Waals surface area contributed by atoms with Gasteiger partial charge in [-0.2, -0.15) is 11.3 Å². The predicted octanol–water partition coefficient (Wildman–Crippen LogP) is 1.82. The van der Waals surface area contributed by atoms with Crippen LogP contribution in [-0.2, 0) is 0 Å². The van der Waals surface area contributed by atoms with Gasteiger partial charge < -0.3 is 5.32 Å². The van der Waals surface area contributed by atoms with Gasteiger partial charge in [0.15, 0.2) is 0 Å². The summed E-state index contributed by atoms with van der Waals surface area (Å²) in [6.45, 7) is 0.173. The highest BCUT2D eigenvalue weighted by molar-refractivity contribution is 7.08. The fourth-order valence-corrected chi connectivity index (χ4v) is 2.56. The number of hydrogen-bond donors (Lipinski definition) is 1. The Bertz CT molecular complexity index is 798. The maximum absolute atomic E-state index is 12.1. The summed E-state index contributed by atoms with van der Waals surface area (Å²) in [4.78, 5) is 20.6. The minimum Gasteiger partial charge on any atom is -0.338 e. The number of hydrogen-bond acceptors (Lipinski definition) is 4. The molecule has 3 rings (SSSR count). The zero-order valence-corrected chi connectivity index (χ0v) is 11.2. The molecule has 0 atom stereocenters. The summed E-state index contributed by atoms with van der Waals surface area (Å²) in [7, 11) is 0. The van der Waals surface area contributed by atoms with Gasteiger partial charge in [0.05, 0.1) is 24.0 Å². The number of rotatable bonds is 3. The lowest BCUT2D eigenvalue weighted by molar-refractivity contribution is 0.0948. The van der Waals surface area contributed by atoms with Crippen LogP contribution < -0.4 is 5.32 Å². The van der Waals surface area contributed by atoms with E-state index in [0.717, 1.165) is 16.8 Å². The zero-order chi connectivity index (χ0) is 13.9. The number of nitrogens with one attached hydrogen (secondary N) is 1. The number of nitrogens with zero attached hydrogens (tertiary/aromatic N) is 3. The highest BCUT2D eigenvalue weighted by Gasteiger charge is 2.18. The summed E-state index contributed by atoms with van der Waals surface area (Å²) < 4.78 is 1.71. The molecule has 3 aromatic heterocycles. The maximum Gasteiger partial charge on any atom is 0.288 e. The molecule has 0 saturated carbocycles. The molecular weight excluding hydrogens is 272 g/mol. The van der Waals surface area contributed by atoms with Crippen LogP contribution in [0.25, 0.3) is 16.8 Å². The Kier molecular flexibility index (Phi) is 3.19. The molecule has 0 aliphatic heterocycles. The molecule has 20 heavy (non-hydrogen) atoms. The van der Waals surface area contributed by atoms with Gasteiger partial charge in [-0.15, -0.1) is 6.42 Å².